The smallest absolute Gasteiger partial charge is 0.414 e. The van der Waals surface area contributed by atoms with Gasteiger partial charge in [0.2, 0.25) is 0 Å². The molecule has 2 fully saturated rings. The number of carbonyl (C=O) groups excluding carboxylic acids is 1. The van der Waals surface area contributed by atoms with Crippen LogP contribution in [-0.4, -0.2) is 63.9 Å². The van der Waals surface area contributed by atoms with Crippen molar-refractivity contribution in [3.8, 4) is 0 Å². The quantitative estimate of drug-likeness (QED) is 0.807. The lowest BCUT2D eigenvalue weighted by Gasteiger charge is -2.29. The molecule has 1 aromatic rings. The maximum Gasteiger partial charge on any atom is 0.414 e. The standard InChI is InChI=1S/C16H20FN3O4S/c1-22-15(25)18-9-12-10-20(16(21)24-12)11-2-3-14(13(17)8-11)19-4-6-23-7-5-19/h2-3,8,12H,4-7,9-10H2,1H3,(H,18,25). The first kappa shape index (κ1) is 17.7. The molecule has 136 valence electrons. The molecule has 2 heterocycles. The Morgan fingerprint density at radius 2 is 2.20 bits per heavy atom. The molecule has 0 saturated carbocycles. The highest BCUT2D eigenvalue weighted by Gasteiger charge is 2.33. The van der Waals surface area contributed by atoms with Crippen LogP contribution in [0.3, 0.4) is 0 Å². The molecule has 2 saturated heterocycles. The van der Waals surface area contributed by atoms with Crippen molar-refractivity contribution in [1.29, 1.82) is 0 Å². The van der Waals surface area contributed by atoms with E-state index in [1.54, 1.807) is 12.1 Å². The van der Waals surface area contributed by atoms with Crippen molar-refractivity contribution in [2.75, 3.05) is 56.3 Å². The lowest BCUT2D eigenvalue weighted by Crippen LogP contribution is -2.37. The monoisotopic (exact) mass is 369 g/mol. The Morgan fingerprint density at radius 1 is 1.44 bits per heavy atom. The van der Waals surface area contributed by atoms with E-state index in [-0.39, 0.29) is 17.1 Å². The number of amides is 1. The number of methoxy groups -OCH3 is 1. The molecule has 9 heteroatoms. The zero-order valence-corrected chi connectivity index (χ0v) is 14.7. The predicted molar refractivity (Wildman–Crippen MR) is 94.7 cm³/mol. The van der Waals surface area contributed by atoms with Gasteiger partial charge in [-0.2, -0.15) is 0 Å². The van der Waals surface area contributed by atoms with Crippen molar-refractivity contribution in [2.45, 2.75) is 6.10 Å². The molecule has 1 atom stereocenters. The number of anilines is 2. The summed E-state index contributed by atoms with van der Waals surface area (Å²) in [4.78, 5) is 15.4. The van der Waals surface area contributed by atoms with E-state index in [2.05, 4.69) is 5.32 Å². The van der Waals surface area contributed by atoms with Crippen LogP contribution in [0.2, 0.25) is 0 Å². The third-order valence-corrected chi connectivity index (χ3v) is 4.44. The van der Waals surface area contributed by atoms with Gasteiger partial charge >= 0.3 is 6.09 Å². The number of carbonyl (C=O) groups is 1. The fraction of sp³-hybridized carbons (Fsp3) is 0.500. The summed E-state index contributed by atoms with van der Waals surface area (Å²) < 4.78 is 29.9. The molecule has 25 heavy (non-hydrogen) atoms. The topological polar surface area (TPSA) is 63.3 Å². The van der Waals surface area contributed by atoms with Crippen LogP contribution in [0.15, 0.2) is 18.2 Å². The molecule has 2 aliphatic heterocycles. The summed E-state index contributed by atoms with van der Waals surface area (Å²) in [6.07, 6.45) is -0.892. The molecule has 7 nitrogen and oxygen atoms in total. The second-order valence-corrected chi connectivity index (χ2v) is 6.09. The van der Waals surface area contributed by atoms with Crippen molar-refractivity contribution < 1.29 is 23.4 Å². The van der Waals surface area contributed by atoms with E-state index in [9.17, 15) is 9.18 Å². The zero-order valence-electron chi connectivity index (χ0n) is 13.9. The van der Waals surface area contributed by atoms with Crippen LogP contribution >= 0.6 is 12.2 Å². The Balaban J connectivity index is 1.66. The van der Waals surface area contributed by atoms with Gasteiger partial charge in [-0.1, -0.05) is 0 Å². The summed E-state index contributed by atoms with van der Waals surface area (Å²) in [5.41, 5.74) is 0.986. The lowest BCUT2D eigenvalue weighted by atomic mass is 10.2. The van der Waals surface area contributed by atoms with Gasteiger partial charge in [0.1, 0.15) is 11.9 Å². The summed E-state index contributed by atoms with van der Waals surface area (Å²) in [5.74, 6) is -0.366. The second kappa shape index (κ2) is 7.83. The van der Waals surface area contributed by atoms with Crippen molar-refractivity contribution in [1.82, 2.24) is 5.32 Å². The van der Waals surface area contributed by atoms with Crippen LogP contribution in [0.4, 0.5) is 20.6 Å². The summed E-state index contributed by atoms with van der Waals surface area (Å²) in [6, 6.07) is 4.78. The highest BCUT2D eigenvalue weighted by molar-refractivity contribution is 7.80. The van der Waals surface area contributed by atoms with Crippen molar-refractivity contribution >= 4 is 34.9 Å². The van der Waals surface area contributed by atoms with Crippen molar-refractivity contribution in [3.05, 3.63) is 24.0 Å². The molecule has 1 aromatic carbocycles. The Bertz CT molecular complexity index is 654. The highest BCUT2D eigenvalue weighted by atomic mass is 32.1. The molecule has 1 unspecified atom stereocenters. The number of nitrogens with zero attached hydrogens (tertiary/aromatic N) is 2. The van der Waals surface area contributed by atoms with Gasteiger partial charge in [0, 0.05) is 13.1 Å². The first-order valence-electron chi connectivity index (χ1n) is 8.00. The van der Waals surface area contributed by atoms with E-state index < -0.39 is 6.09 Å². The lowest BCUT2D eigenvalue weighted by molar-refractivity contribution is 0.122. The molecule has 0 spiro atoms. The summed E-state index contributed by atoms with van der Waals surface area (Å²) in [5, 5.41) is 3.07. The number of benzene rings is 1. The zero-order chi connectivity index (χ0) is 17.8. The Morgan fingerprint density at radius 3 is 2.88 bits per heavy atom. The molecule has 2 aliphatic rings. The van der Waals surface area contributed by atoms with Crippen molar-refractivity contribution in [2.24, 2.45) is 0 Å². The first-order chi connectivity index (χ1) is 12.1. The fourth-order valence-corrected chi connectivity index (χ4v) is 2.92. The van der Waals surface area contributed by atoms with Gasteiger partial charge in [-0.15, -0.1) is 0 Å². The minimum atomic E-state index is -0.506. The van der Waals surface area contributed by atoms with E-state index >= 15 is 0 Å². The normalized spacial score (nSPS) is 20.4. The number of hydrogen-bond donors (Lipinski definition) is 1. The number of rotatable bonds is 4. The highest BCUT2D eigenvalue weighted by Crippen LogP contribution is 2.28. The molecule has 0 aliphatic carbocycles. The SMILES string of the molecule is COC(=S)NCC1CN(c2ccc(N3CCOCC3)c(F)c2)C(=O)O1. The fourth-order valence-electron chi connectivity index (χ4n) is 2.83. The maximum atomic E-state index is 14.5. The van der Waals surface area contributed by atoms with Crippen LogP contribution in [0.5, 0.6) is 0 Å². The van der Waals surface area contributed by atoms with Crippen LogP contribution < -0.4 is 15.1 Å². The number of hydrogen-bond acceptors (Lipinski definition) is 6. The average molecular weight is 369 g/mol. The number of cyclic esters (lactones) is 1. The van der Waals surface area contributed by atoms with E-state index in [0.29, 0.717) is 50.8 Å². The molecule has 1 N–H and O–H groups in total. The van der Waals surface area contributed by atoms with Gasteiger partial charge in [0.25, 0.3) is 5.17 Å². The van der Waals surface area contributed by atoms with Gasteiger partial charge in [-0.25, -0.2) is 9.18 Å². The summed E-state index contributed by atoms with van der Waals surface area (Å²) in [7, 11) is 1.46. The summed E-state index contributed by atoms with van der Waals surface area (Å²) in [6.45, 7) is 3.11. The second-order valence-electron chi connectivity index (χ2n) is 5.72. The van der Waals surface area contributed by atoms with Crippen LogP contribution in [0.25, 0.3) is 0 Å². The van der Waals surface area contributed by atoms with Gasteiger partial charge in [0.05, 0.1) is 44.8 Å². The van der Waals surface area contributed by atoms with Gasteiger partial charge in [-0.3, -0.25) is 4.90 Å². The number of halogens is 1. The first-order valence-corrected chi connectivity index (χ1v) is 8.41. The van der Waals surface area contributed by atoms with E-state index in [1.807, 2.05) is 4.90 Å². The Hall–Kier alpha value is -2.13. The third kappa shape index (κ3) is 4.10. The van der Waals surface area contributed by atoms with Crippen LogP contribution in [0.1, 0.15) is 0 Å². The number of nitrogens with one attached hydrogen (secondary N) is 1. The minimum absolute atomic E-state index is 0.232. The van der Waals surface area contributed by atoms with E-state index in [1.165, 1.54) is 18.1 Å². The molecule has 0 bridgehead atoms. The van der Waals surface area contributed by atoms with Gasteiger partial charge in [0.15, 0.2) is 0 Å². The third-order valence-electron chi connectivity index (χ3n) is 4.13. The molecule has 1 amide bonds. The number of ether oxygens (including phenoxy) is 3. The van der Waals surface area contributed by atoms with Gasteiger partial charge < -0.3 is 24.4 Å². The average Bonchev–Trinajstić information content (AvgIpc) is 3.01. The minimum Gasteiger partial charge on any atom is -0.474 e. The molecular weight excluding hydrogens is 349 g/mol. The van der Waals surface area contributed by atoms with Crippen LogP contribution in [0, 0.1) is 5.82 Å². The Labute approximate surface area is 150 Å². The van der Waals surface area contributed by atoms with E-state index in [0.717, 1.165) is 0 Å². The van der Waals surface area contributed by atoms with Gasteiger partial charge in [-0.05, 0) is 30.4 Å². The predicted octanol–water partition coefficient (Wildman–Crippen LogP) is 1.51. The molecular formula is C16H20FN3O4S. The molecule has 0 radical (unpaired) electrons. The maximum absolute atomic E-state index is 14.5. The molecule has 3 rings (SSSR count). The van der Waals surface area contributed by atoms with Crippen LogP contribution in [-0.2, 0) is 14.2 Å². The van der Waals surface area contributed by atoms with E-state index in [4.69, 9.17) is 26.4 Å². The number of thiocarbonyl (C=S) groups is 1. The molecule has 0 aromatic heterocycles. The largest absolute Gasteiger partial charge is 0.474 e. The summed E-state index contributed by atoms with van der Waals surface area (Å²) >= 11 is 4.89. The van der Waals surface area contributed by atoms with Crippen molar-refractivity contribution in [3.63, 3.8) is 0 Å². The Kier molecular flexibility index (Phi) is 5.54. The number of morpholine rings is 1.